The van der Waals surface area contributed by atoms with Crippen molar-refractivity contribution in [2.24, 2.45) is 0 Å². The number of anilines is 1. The van der Waals surface area contributed by atoms with Crippen molar-refractivity contribution in [3.05, 3.63) is 70.7 Å². The summed E-state index contributed by atoms with van der Waals surface area (Å²) >= 11 is 1.50. The second-order valence-corrected chi connectivity index (χ2v) is 7.78. The molecule has 0 aliphatic heterocycles. The second-order valence-electron chi connectivity index (χ2n) is 6.95. The normalized spacial score (nSPS) is 10.9. The molecule has 0 unspecified atom stereocenters. The molecule has 0 atom stereocenters. The fourth-order valence-corrected chi connectivity index (χ4v) is 3.97. The number of nitrogens with one attached hydrogen (secondary N) is 2. The molecule has 0 bridgehead atoms. The minimum absolute atomic E-state index is 0.325. The van der Waals surface area contributed by atoms with E-state index in [9.17, 15) is 9.59 Å². The van der Waals surface area contributed by atoms with E-state index in [1.807, 2.05) is 61.7 Å². The summed E-state index contributed by atoms with van der Waals surface area (Å²) in [6, 6.07) is 15.3. The van der Waals surface area contributed by atoms with Crippen molar-refractivity contribution in [2.75, 3.05) is 11.9 Å². The van der Waals surface area contributed by atoms with Gasteiger partial charge in [0.2, 0.25) is 4.96 Å². The summed E-state index contributed by atoms with van der Waals surface area (Å²) in [6.45, 7) is 4.23. The number of carbonyl (C=O) groups excluding carboxylic acids is 2. The molecule has 8 heteroatoms. The number of hydrogen-bond donors (Lipinski definition) is 2. The quantitative estimate of drug-likeness (QED) is 0.486. The van der Waals surface area contributed by atoms with Crippen LogP contribution in [0.5, 0.6) is 0 Å². The van der Waals surface area contributed by atoms with Crippen LogP contribution in [0.15, 0.2) is 53.9 Å². The average molecular weight is 420 g/mol. The zero-order valence-electron chi connectivity index (χ0n) is 16.7. The Morgan fingerprint density at radius 2 is 1.73 bits per heavy atom. The lowest BCUT2D eigenvalue weighted by Gasteiger charge is -2.08. The first-order valence-electron chi connectivity index (χ1n) is 9.57. The Hall–Kier alpha value is -3.52. The number of benzene rings is 2. The molecule has 2 aromatic carbocycles. The molecule has 2 heterocycles. The van der Waals surface area contributed by atoms with E-state index in [2.05, 4.69) is 20.7 Å². The maximum Gasteiger partial charge on any atom is 0.313 e. The number of carbonyl (C=O) groups is 2. The number of para-hydroxylation sites is 1. The van der Waals surface area contributed by atoms with Crippen LogP contribution in [0.3, 0.4) is 0 Å². The van der Waals surface area contributed by atoms with Crippen molar-refractivity contribution in [3.8, 4) is 11.4 Å². The third-order valence-corrected chi connectivity index (χ3v) is 5.67. The van der Waals surface area contributed by atoms with Gasteiger partial charge in [0, 0.05) is 29.6 Å². The molecule has 152 valence electrons. The first kappa shape index (κ1) is 19.8. The average Bonchev–Trinajstić information content (AvgIpc) is 3.31. The molecule has 4 rings (SSSR count). The van der Waals surface area contributed by atoms with Gasteiger partial charge in [0.15, 0.2) is 5.82 Å². The Morgan fingerprint density at radius 3 is 2.50 bits per heavy atom. The molecule has 2 N–H and O–H groups in total. The van der Waals surface area contributed by atoms with Gasteiger partial charge in [0.1, 0.15) is 0 Å². The van der Waals surface area contributed by atoms with Crippen molar-refractivity contribution in [1.29, 1.82) is 0 Å². The molecule has 4 aromatic rings. The van der Waals surface area contributed by atoms with E-state index in [4.69, 9.17) is 0 Å². The third kappa shape index (κ3) is 4.08. The highest BCUT2D eigenvalue weighted by Crippen LogP contribution is 2.23. The van der Waals surface area contributed by atoms with Gasteiger partial charge in [-0.15, -0.1) is 16.4 Å². The van der Waals surface area contributed by atoms with E-state index >= 15 is 0 Å². The van der Waals surface area contributed by atoms with E-state index in [1.165, 1.54) is 11.3 Å². The predicted molar refractivity (Wildman–Crippen MR) is 118 cm³/mol. The molecule has 2 amide bonds. The number of amides is 2. The van der Waals surface area contributed by atoms with Crippen LogP contribution in [0.2, 0.25) is 0 Å². The zero-order chi connectivity index (χ0) is 21.1. The molecule has 0 fully saturated rings. The molecule has 30 heavy (non-hydrogen) atoms. The van der Waals surface area contributed by atoms with E-state index in [0.29, 0.717) is 24.5 Å². The maximum absolute atomic E-state index is 12.1. The highest BCUT2D eigenvalue weighted by Gasteiger charge is 2.16. The van der Waals surface area contributed by atoms with Crippen molar-refractivity contribution >= 4 is 33.8 Å². The van der Waals surface area contributed by atoms with Crippen molar-refractivity contribution < 1.29 is 9.59 Å². The van der Waals surface area contributed by atoms with Gasteiger partial charge in [0.25, 0.3) is 0 Å². The summed E-state index contributed by atoms with van der Waals surface area (Å²) in [5, 5.41) is 11.9. The Morgan fingerprint density at radius 1 is 1.00 bits per heavy atom. The summed E-state index contributed by atoms with van der Waals surface area (Å²) < 4.78 is 1.80. The van der Waals surface area contributed by atoms with Gasteiger partial charge < -0.3 is 10.6 Å². The van der Waals surface area contributed by atoms with Gasteiger partial charge in [-0.2, -0.15) is 4.98 Å². The van der Waals surface area contributed by atoms with Gasteiger partial charge in [-0.25, -0.2) is 4.52 Å². The van der Waals surface area contributed by atoms with Crippen LogP contribution in [0.25, 0.3) is 16.3 Å². The molecule has 0 spiro atoms. The number of hydrogen-bond acceptors (Lipinski definition) is 5. The largest absolute Gasteiger partial charge is 0.347 e. The molecular weight excluding hydrogens is 398 g/mol. The third-order valence-electron chi connectivity index (χ3n) is 4.80. The van der Waals surface area contributed by atoms with Gasteiger partial charge in [-0.3, -0.25) is 9.59 Å². The number of thiazole rings is 1. The monoisotopic (exact) mass is 419 g/mol. The number of rotatable bonds is 5. The summed E-state index contributed by atoms with van der Waals surface area (Å²) in [4.78, 5) is 29.6. The fourth-order valence-electron chi connectivity index (χ4n) is 3.11. The van der Waals surface area contributed by atoms with Gasteiger partial charge in [-0.1, -0.05) is 42.5 Å². The predicted octanol–water partition coefficient (Wildman–Crippen LogP) is 3.37. The highest BCUT2D eigenvalue weighted by molar-refractivity contribution is 7.15. The van der Waals surface area contributed by atoms with E-state index in [0.717, 1.165) is 27.3 Å². The number of aryl methyl sites for hydroxylation is 2. The first-order valence-corrected chi connectivity index (χ1v) is 10.4. The Kier molecular flexibility index (Phi) is 5.58. The van der Waals surface area contributed by atoms with Crippen LogP contribution >= 0.6 is 11.3 Å². The van der Waals surface area contributed by atoms with Crippen LogP contribution < -0.4 is 10.6 Å². The molecular formula is C22H21N5O2S. The maximum atomic E-state index is 12.1. The Balaban J connectivity index is 1.38. The number of aromatic nitrogens is 3. The molecule has 0 aliphatic rings. The van der Waals surface area contributed by atoms with E-state index < -0.39 is 11.8 Å². The lowest BCUT2D eigenvalue weighted by atomic mass is 10.1. The minimum atomic E-state index is -0.678. The van der Waals surface area contributed by atoms with Crippen LogP contribution in [0.4, 0.5) is 5.69 Å². The highest BCUT2D eigenvalue weighted by atomic mass is 32.1. The topological polar surface area (TPSA) is 88.4 Å². The lowest BCUT2D eigenvalue weighted by Crippen LogP contribution is -2.36. The summed E-state index contributed by atoms with van der Waals surface area (Å²) in [7, 11) is 0. The molecule has 0 saturated carbocycles. The van der Waals surface area contributed by atoms with Crippen molar-refractivity contribution in [3.63, 3.8) is 0 Å². The standard InChI is InChI=1S/C22H21N5O2S/c1-14-7-3-5-9-17(14)19-25-22-27(26-19)16(13-30-22)11-12-23-20(28)21(29)24-18-10-6-4-8-15(18)2/h3-10,13H,11-12H2,1-2H3,(H,23,28)(H,24,29). The molecule has 2 aromatic heterocycles. The molecule has 0 aliphatic carbocycles. The van der Waals surface area contributed by atoms with Crippen LogP contribution in [-0.4, -0.2) is 33.0 Å². The van der Waals surface area contributed by atoms with E-state index in [1.54, 1.807) is 10.6 Å². The molecule has 0 radical (unpaired) electrons. The lowest BCUT2D eigenvalue weighted by molar-refractivity contribution is -0.136. The smallest absolute Gasteiger partial charge is 0.313 e. The fraction of sp³-hybridized carbons (Fsp3) is 0.182. The van der Waals surface area contributed by atoms with Crippen molar-refractivity contribution in [1.82, 2.24) is 19.9 Å². The summed E-state index contributed by atoms with van der Waals surface area (Å²) in [5.41, 5.74) is 4.57. The van der Waals surface area contributed by atoms with Crippen LogP contribution in [0, 0.1) is 13.8 Å². The summed E-state index contributed by atoms with van der Waals surface area (Å²) in [6.07, 6.45) is 0.542. The Bertz CT molecular complexity index is 1230. The first-order chi connectivity index (χ1) is 14.5. The molecule has 7 nitrogen and oxygen atoms in total. The molecule has 0 saturated heterocycles. The Labute approximate surface area is 177 Å². The number of fused-ring (bicyclic) bond motifs is 1. The second kappa shape index (κ2) is 8.46. The van der Waals surface area contributed by atoms with Crippen molar-refractivity contribution in [2.45, 2.75) is 20.3 Å². The minimum Gasteiger partial charge on any atom is -0.347 e. The SMILES string of the molecule is Cc1ccccc1NC(=O)C(=O)NCCc1csc2nc(-c3ccccc3C)nn12. The van der Waals surface area contributed by atoms with Gasteiger partial charge in [0.05, 0.1) is 5.69 Å². The van der Waals surface area contributed by atoms with Gasteiger partial charge in [-0.05, 0) is 31.0 Å². The number of nitrogens with zero attached hydrogens (tertiary/aromatic N) is 3. The van der Waals surface area contributed by atoms with Crippen LogP contribution in [-0.2, 0) is 16.0 Å². The zero-order valence-corrected chi connectivity index (χ0v) is 17.5. The summed E-state index contributed by atoms with van der Waals surface area (Å²) in [5.74, 6) is -0.658. The van der Waals surface area contributed by atoms with Gasteiger partial charge >= 0.3 is 11.8 Å². The van der Waals surface area contributed by atoms with E-state index in [-0.39, 0.29) is 0 Å². The van der Waals surface area contributed by atoms with Crippen LogP contribution in [0.1, 0.15) is 16.8 Å².